The summed E-state index contributed by atoms with van der Waals surface area (Å²) < 4.78 is 32.1. The van der Waals surface area contributed by atoms with Gasteiger partial charge in [0, 0.05) is 6.54 Å². The van der Waals surface area contributed by atoms with Crippen LogP contribution in [0.5, 0.6) is 5.75 Å². The summed E-state index contributed by atoms with van der Waals surface area (Å²) in [7, 11) is -2.67. The summed E-state index contributed by atoms with van der Waals surface area (Å²) in [5.41, 5.74) is 3.95. The highest BCUT2D eigenvalue weighted by atomic mass is 32.2. The van der Waals surface area contributed by atoms with Crippen molar-refractivity contribution in [3.8, 4) is 5.75 Å². The molecule has 0 aliphatic heterocycles. The Hall–Kier alpha value is -2.13. The van der Waals surface area contributed by atoms with Gasteiger partial charge in [0.25, 0.3) is 5.91 Å². The van der Waals surface area contributed by atoms with E-state index in [1.54, 1.807) is 13.8 Å². The number of sulfonamides is 1. The van der Waals surface area contributed by atoms with Crippen molar-refractivity contribution in [1.29, 1.82) is 0 Å². The molecule has 0 fully saturated rings. The van der Waals surface area contributed by atoms with Crippen molar-refractivity contribution < 1.29 is 27.9 Å². The first kappa shape index (κ1) is 19.9. The first-order chi connectivity index (χ1) is 11.1. The van der Waals surface area contributed by atoms with E-state index in [0.717, 1.165) is 6.07 Å². The second-order valence-electron chi connectivity index (χ2n) is 5.34. The third kappa shape index (κ3) is 4.04. The molecule has 0 unspecified atom stereocenters. The van der Waals surface area contributed by atoms with E-state index in [1.807, 2.05) is 0 Å². The van der Waals surface area contributed by atoms with Crippen molar-refractivity contribution in [2.24, 2.45) is 11.1 Å². The van der Waals surface area contributed by atoms with Crippen LogP contribution in [-0.2, 0) is 14.8 Å². The first-order valence-electron chi connectivity index (χ1n) is 7.34. The number of carboxylic acids is 1. The average molecular weight is 358 g/mol. The van der Waals surface area contributed by atoms with E-state index in [2.05, 4.69) is 4.72 Å². The lowest BCUT2D eigenvalue weighted by atomic mass is 9.83. The van der Waals surface area contributed by atoms with Crippen LogP contribution in [0.15, 0.2) is 23.1 Å². The van der Waals surface area contributed by atoms with Crippen LogP contribution in [0.3, 0.4) is 0 Å². The molecule has 0 saturated carbocycles. The molecule has 1 rings (SSSR count). The van der Waals surface area contributed by atoms with Gasteiger partial charge in [-0.2, -0.15) is 0 Å². The number of ether oxygens (including phenoxy) is 1. The number of carboxylic acid groups (broad SMARTS) is 1. The Labute approximate surface area is 141 Å². The van der Waals surface area contributed by atoms with Gasteiger partial charge in [-0.25, -0.2) is 13.1 Å². The number of hydrogen-bond donors (Lipinski definition) is 3. The number of carbonyl (C=O) groups is 2. The molecule has 0 radical (unpaired) electrons. The van der Waals surface area contributed by atoms with Gasteiger partial charge < -0.3 is 15.6 Å². The van der Waals surface area contributed by atoms with Crippen LogP contribution in [0.4, 0.5) is 0 Å². The average Bonchev–Trinajstić information content (AvgIpc) is 2.55. The van der Waals surface area contributed by atoms with Gasteiger partial charge >= 0.3 is 5.97 Å². The number of methoxy groups -OCH3 is 1. The molecule has 8 nitrogen and oxygen atoms in total. The Morgan fingerprint density at radius 2 is 1.88 bits per heavy atom. The van der Waals surface area contributed by atoms with Crippen molar-refractivity contribution in [3.63, 3.8) is 0 Å². The second-order valence-corrected chi connectivity index (χ2v) is 7.11. The van der Waals surface area contributed by atoms with Gasteiger partial charge in [-0.3, -0.25) is 9.59 Å². The summed E-state index contributed by atoms with van der Waals surface area (Å²) in [5, 5.41) is 9.36. The topological polar surface area (TPSA) is 136 Å². The van der Waals surface area contributed by atoms with E-state index in [-0.39, 0.29) is 35.6 Å². The van der Waals surface area contributed by atoms with E-state index < -0.39 is 27.3 Å². The predicted octanol–water partition coefficient (Wildman–Crippen LogP) is 0.963. The zero-order chi connectivity index (χ0) is 18.5. The number of amides is 1. The van der Waals surface area contributed by atoms with Crippen molar-refractivity contribution in [3.05, 3.63) is 23.8 Å². The lowest BCUT2D eigenvalue weighted by Crippen LogP contribution is -2.42. The van der Waals surface area contributed by atoms with Gasteiger partial charge in [-0.05, 0) is 31.0 Å². The maximum absolute atomic E-state index is 12.4. The Morgan fingerprint density at radius 1 is 1.29 bits per heavy atom. The van der Waals surface area contributed by atoms with E-state index in [9.17, 15) is 23.1 Å². The number of hydrogen-bond acceptors (Lipinski definition) is 5. The summed E-state index contributed by atoms with van der Waals surface area (Å²) in [6.45, 7) is 3.12. The van der Waals surface area contributed by atoms with Crippen molar-refractivity contribution >= 4 is 21.9 Å². The van der Waals surface area contributed by atoms with Crippen molar-refractivity contribution in [1.82, 2.24) is 4.72 Å². The van der Waals surface area contributed by atoms with Crippen molar-refractivity contribution in [2.45, 2.75) is 31.6 Å². The third-order valence-corrected chi connectivity index (χ3v) is 5.55. The van der Waals surface area contributed by atoms with Crippen LogP contribution in [0.1, 0.15) is 37.0 Å². The molecule has 0 saturated heterocycles. The minimum Gasteiger partial charge on any atom is -0.496 e. The Kier molecular flexibility index (Phi) is 6.33. The zero-order valence-electron chi connectivity index (χ0n) is 13.8. The molecule has 1 aromatic carbocycles. The zero-order valence-corrected chi connectivity index (χ0v) is 14.6. The molecule has 0 aromatic heterocycles. The maximum atomic E-state index is 12.4. The van der Waals surface area contributed by atoms with Gasteiger partial charge in [-0.1, -0.05) is 13.8 Å². The fourth-order valence-electron chi connectivity index (χ4n) is 2.24. The second kappa shape index (κ2) is 7.63. The summed E-state index contributed by atoms with van der Waals surface area (Å²) in [6, 6.07) is 3.68. The normalized spacial score (nSPS) is 12.0. The lowest BCUT2D eigenvalue weighted by Gasteiger charge is -2.26. The van der Waals surface area contributed by atoms with Crippen LogP contribution < -0.4 is 15.2 Å². The van der Waals surface area contributed by atoms with E-state index in [1.165, 1.54) is 19.2 Å². The molecule has 134 valence electrons. The van der Waals surface area contributed by atoms with Crippen LogP contribution in [0.2, 0.25) is 0 Å². The number of carbonyl (C=O) groups excluding carboxylic acids is 1. The molecule has 0 aliphatic carbocycles. The number of rotatable bonds is 9. The highest BCUT2D eigenvalue weighted by Crippen LogP contribution is 2.27. The molecule has 0 aliphatic rings. The number of nitrogens with two attached hydrogens (primary N) is 1. The van der Waals surface area contributed by atoms with Gasteiger partial charge in [0.15, 0.2) is 0 Å². The minimum atomic E-state index is -4.00. The SMILES string of the molecule is CCC(CC)(CNS(=O)(=O)c1ccc(OC)c(C(N)=O)c1)C(=O)O. The molecule has 0 atom stereocenters. The van der Waals surface area contributed by atoms with E-state index in [4.69, 9.17) is 10.5 Å². The number of benzene rings is 1. The standard InChI is InChI=1S/C15H22N2O6S/c1-4-15(5-2,14(19)20)9-17-24(21,22)10-6-7-12(23-3)11(8-10)13(16)18/h6-8,17H,4-5,9H2,1-3H3,(H2,16,18)(H,19,20). The molecule has 0 spiro atoms. The first-order valence-corrected chi connectivity index (χ1v) is 8.82. The molecule has 4 N–H and O–H groups in total. The smallest absolute Gasteiger partial charge is 0.310 e. The largest absolute Gasteiger partial charge is 0.496 e. The number of primary amides is 1. The van der Waals surface area contributed by atoms with Gasteiger partial charge in [-0.15, -0.1) is 0 Å². The van der Waals surface area contributed by atoms with E-state index in [0.29, 0.717) is 0 Å². The van der Waals surface area contributed by atoms with Crippen LogP contribution >= 0.6 is 0 Å². The van der Waals surface area contributed by atoms with Crippen molar-refractivity contribution in [2.75, 3.05) is 13.7 Å². The highest BCUT2D eigenvalue weighted by molar-refractivity contribution is 7.89. The van der Waals surface area contributed by atoms with Crippen LogP contribution in [-0.4, -0.2) is 39.1 Å². The third-order valence-electron chi connectivity index (χ3n) is 4.15. The summed E-state index contributed by atoms with van der Waals surface area (Å²) in [5.74, 6) is -1.74. The fourth-order valence-corrected chi connectivity index (χ4v) is 3.39. The van der Waals surface area contributed by atoms with E-state index >= 15 is 0 Å². The summed E-state index contributed by atoms with van der Waals surface area (Å²) >= 11 is 0. The summed E-state index contributed by atoms with van der Waals surface area (Å²) in [6.07, 6.45) is 0.549. The quantitative estimate of drug-likeness (QED) is 0.601. The molecular formula is C15H22N2O6S. The molecule has 0 bridgehead atoms. The van der Waals surface area contributed by atoms with Crippen LogP contribution in [0, 0.1) is 5.41 Å². The van der Waals surface area contributed by atoms with Crippen LogP contribution in [0.25, 0.3) is 0 Å². The number of nitrogens with one attached hydrogen (secondary N) is 1. The Morgan fingerprint density at radius 3 is 2.29 bits per heavy atom. The fraction of sp³-hybridized carbons (Fsp3) is 0.467. The molecule has 24 heavy (non-hydrogen) atoms. The molecule has 0 heterocycles. The monoisotopic (exact) mass is 358 g/mol. The number of aliphatic carboxylic acids is 1. The molecule has 1 aromatic rings. The maximum Gasteiger partial charge on any atom is 0.310 e. The Bertz CT molecular complexity index is 725. The van der Waals surface area contributed by atoms with Gasteiger partial charge in [0.05, 0.1) is 23.0 Å². The lowest BCUT2D eigenvalue weighted by molar-refractivity contribution is -0.149. The molecule has 9 heteroatoms. The minimum absolute atomic E-state index is 0.0733. The Balaban J connectivity index is 3.15. The highest BCUT2D eigenvalue weighted by Gasteiger charge is 2.36. The summed E-state index contributed by atoms with van der Waals surface area (Å²) in [4.78, 5) is 22.7. The molecule has 1 amide bonds. The van der Waals surface area contributed by atoms with Gasteiger partial charge in [0.1, 0.15) is 5.75 Å². The van der Waals surface area contributed by atoms with Gasteiger partial charge in [0.2, 0.25) is 10.0 Å². The predicted molar refractivity (Wildman–Crippen MR) is 87.4 cm³/mol. The molecular weight excluding hydrogens is 336 g/mol.